The number of carbonyl (C=O) groups is 5. The molecule has 1 amide bonds. The zero-order chi connectivity index (χ0) is 21.1. The molecule has 5 atom stereocenters. The lowest BCUT2D eigenvalue weighted by Gasteiger charge is -2.49. The molecular weight excluding hydrogens is 378 g/mol. The van der Waals surface area contributed by atoms with E-state index in [2.05, 4.69) is 5.32 Å². The lowest BCUT2D eigenvalue weighted by molar-refractivity contribution is -0.289. The summed E-state index contributed by atoms with van der Waals surface area (Å²) in [7, 11) is 0. The molecule has 156 valence electrons. The fourth-order valence-corrected chi connectivity index (χ4v) is 3.34. The molecule has 0 radical (unpaired) electrons. The molecule has 2 aliphatic rings. The number of hydrogen-bond donors (Lipinski definition) is 1. The van der Waals surface area contributed by atoms with Gasteiger partial charge in [-0.1, -0.05) is 0 Å². The van der Waals surface area contributed by atoms with Gasteiger partial charge < -0.3 is 29.0 Å². The maximum Gasteiger partial charge on any atom is 0.303 e. The van der Waals surface area contributed by atoms with E-state index in [9.17, 15) is 24.0 Å². The fourth-order valence-electron chi connectivity index (χ4n) is 3.34. The molecule has 1 N–H and O–H groups in total. The van der Waals surface area contributed by atoms with Gasteiger partial charge in [-0.3, -0.25) is 24.0 Å². The third-order valence-corrected chi connectivity index (χ3v) is 4.23. The summed E-state index contributed by atoms with van der Waals surface area (Å²) in [6, 6.07) is 0. The van der Waals surface area contributed by atoms with Gasteiger partial charge in [-0.2, -0.15) is 0 Å². The van der Waals surface area contributed by atoms with Crippen molar-refractivity contribution in [2.24, 2.45) is 0 Å². The molecule has 0 aliphatic carbocycles. The van der Waals surface area contributed by atoms with E-state index in [4.69, 9.17) is 23.7 Å². The monoisotopic (exact) mass is 401 g/mol. The van der Waals surface area contributed by atoms with E-state index >= 15 is 0 Å². The van der Waals surface area contributed by atoms with E-state index in [1.165, 1.54) is 6.92 Å². The van der Waals surface area contributed by atoms with Gasteiger partial charge in [0.1, 0.15) is 12.7 Å². The van der Waals surface area contributed by atoms with E-state index < -0.39 is 54.0 Å². The molecule has 2 aliphatic heterocycles. The number of amides is 1. The zero-order valence-electron chi connectivity index (χ0n) is 16.0. The largest absolute Gasteiger partial charge is 0.463 e. The Balaban J connectivity index is 2.48. The van der Waals surface area contributed by atoms with Gasteiger partial charge in [0.05, 0.1) is 0 Å². The van der Waals surface area contributed by atoms with Crippen LogP contribution >= 0.6 is 0 Å². The van der Waals surface area contributed by atoms with E-state index in [1.54, 1.807) is 0 Å². The molecule has 1 spiro atoms. The van der Waals surface area contributed by atoms with Gasteiger partial charge in [-0.15, -0.1) is 0 Å². The summed E-state index contributed by atoms with van der Waals surface area (Å²) in [6.45, 7) is 4.25. The average Bonchev–Trinajstić information content (AvgIpc) is 2.92. The molecular formula is C17H23NO10. The molecule has 0 bridgehead atoms. The van der Waals surface area contributed by atoms with Crippen LogP contribution in [0.25, 0.3) is 0 Å². The van der Waals surface area contributed by atoms with E-state index in [1.807, 2.05) is 0 Å². The minimum Gasteiger partial charge on any atom is -0.463 e. The van der Waals surface area contributed by atoms with Crippen molar-refractivity contribution in [1.82, 2.24) is 5.32 Å². The fraction of sp³-hybridized carbons (Fsp3) is 0.706. The number of hydrogen-bond acceptors (Lipinski definition) is 10. The smallest absolute Gasteiger partial charge is 0.303 e. The first-order chi connectivity index (χ1) is 13.0. The molecule has 0 aromatic carbocycles. The zero-order valence-corrected chi connectivity index (χ0v) is 16.0. The third kappa shape index (κ3) is 4.97. The van der Waals surface area contributed by atoms with Crippen LogP contribution in [0.15, 0.2) is 0 Å². The van der Waals surface area contributed by atoms with Crippen molar-refractivity contribution in [1.29, 1.82) is 0 Å². The highest BCUT2D eigenvalue weighted by atomic mass is 16.7. The Morgan fingerprint density at radius 3 is 2.00 bits per heavy atom. The summed E-state index contributed by atoms with van der Waals surface area (Å²) in [5.41, 5.74) is -1.52. The first-order valence-corrected chi connectivity index (χ1v) is 8.68. The lowest BCUT2D eigenvalue weighted by atomic mass is 9.88. The molecule has 28 heavy (non-hydrogen) atoms. The van der Waals surface area contributed by atoms with Crippen molar-refractivity contribution in [2.45, 2.75) is 70.7 Å². The van der Waals surface area contributed by atoms with Gasteiger partial charge in [-0.25, -0.2) is 0 Å². The van der Waals surface area contributed by atoms with Gasteiger partial charge >= 0.3 is 23.9 Å². The summed E-state index contributed by atoms with van der Waals surface area (Å²) in [6.07, 6.45) is -4.72. The molecule has 2 rings (SSSR count). The van der Waals surface area contributed by atoms with Crippen molar-refractivity contribution in [3.63, 3.8) is 0 Å². The number of ether oxygens (including phenoxy) is 5. The summed E-state index contributed by atoms with van der Waals surface area (Å²) in [5.74, 6) is -3.14. The van der Waals surface area contributed by atoms with Gasteiger partial charge in [-0.05, 0) is 0 Å². The Labute approximate surface area is 160 Å². The van der Waals surface area contributed by atoms with Crippen molar-refractivity contribution >= 4 is 29.8 Å². The minimum atomic E-state index is -1.52. The van der Waals surface area contributed by atoms with Crippen LogP contribution in [0, 0.1) is 0 Å². The predicted molar refractivity (Wildman–Crippen MR) is 88.3 cm³/mol. The van der Waals surface area contributed by atoms with Gasteiger partial charge in [0.15, 0.2) is 24.0 Å². The van der Waals surface area contributed by atoms with Crippen LogP contribution in [0.3, 0.4) is 0 Å². The van der Waals surface area contributed by atoms with Gasteiger partial charge in [0.25, 0.3) is 0 Å². The summed E-state index contributed by atoms with van der Waals surface area (Å²) in [5, 5.41) is 2.61. The van der Waals surface area contributed by atoms with Crippen molar-refractivity contribution in [2.75, 3.05) is 6.61 Å². The first kappa shape index (κ1) is 21.6. The number of carbonyl (C=O) groups excluding carboxylic acids is 5. The Hall–Kier alpha value is -2.69. The molecule has 2 fully saturated rings. The quantitative estimate of drug-likeness (QED) is 0.466. The highest BCUT2D eigenvalue weighted by Crippen LogP contribution is 2.39. The summed E-state index contributed by atoms with van der Waals surface area (Å²) in [4.78, 5) is 58.1. The van der Waals surface area contributed by atoms with Crippen LogP contribution in [0.5, 0.6) is 0 Å². The molecule has 0 aromatic rings. The minimum absolute atomic E-state index is 0.0725. The number of nitrogens with one attached hydrogen (secondary N) is 1. The molecule has 11 nitrogen and oxygen atoms in total. The van der Waals surface area contributed by atoms with Crippen LogP contribution < -0.4 is 5.32 Å². The van der Waals surface area contributed by atoms with E-state index in [0.29, 0.717) is 0 Å². The van der Waals surface area contributed by atoms with Crippen LogP contribution in [-0.4, -0.2) is 66.5 Å². The average molecular weight is 401 g/mol. The summed E-state index contributed by atoms with van der Waals surface area (Å²) >= 11 is 0. The lowest BCUT2D eigenvalue weighted by Crippen LogP contribution is -2.71. The predicted octanol–water partition coefficient (Wildman–Crippen LogP) is -0.650. The highest BCUT2D eigenvalue weighted by molar-refractivity contribution is 5.79. The van der Waals surface area contributed by atoms with Crippen molar-refractivity contribution < 1.29 is 47.7 Å². The van der Waals surface area contributed by atoms with Crippen LogP contribution in [0.4, 0.5) is 0 Å². The standard InChI is InChI=1S/C17H23NO10/c1-8(19)24-7-12-14(25-9(2)20)15(26-10(3)21)16(27-11(4)22)17(28-12)6-5-13(23)18-17/h12,14-16H,5-7H2,1-4H3,(H,18,23)/t12-,14-,15+,16-,17-/m1/s1. The summed E-state index contributed by atoms with van der Waals surface area (Å²) < 4.78 is 26.8. The number of esters is 4. The molecule has 11 heteroatoms. The van der Waals surface area contributed by atoms with Crippen LogP contribution in [0.1, 0.15) is 40.5 Å². The Morgan fingerprint density at radius 1 is 0.964 bits per heavy atom. The molecule has 0 unspecified atom stereocenters. The maximum absolute atomic E-state index is 11.9. The second kappa shape index (κ2) is 8.55. The molecule has 0 saturated carbocycles. The normalized spacial score (nSPS) is 31.6. The second-order valence-corrected chi connectivity index (χ2v) is 6.57. The van der Waals surface area contributed by atoms with Crippen LogP contribution in [-0.2, 0) is 47.7 Å². The molecule has 2 heterocycles. The third-order valence-electron chi connectivity index (χ3n) is 4.23. The van der Waals surface area contributed by atoms with Crippen molar-refractivity contribution in [3.8, 4) is 0 Å². The maximum atomic E-state index is 11.9. The van der Waals surface area contributed by atoms with E-state index in [-0.39, 0.29) is 25.4 Å². The first-order valence-electron chi connectivity index (χ1n) is 8.68. The van der Waals surface area contributed by atoms with Crippen LogP contribution in [0.2, 0.25) is 0 Å². The Kier molecular flexibility index (Phi) is 6.60. The second-order valence-electron chi connectivity index (χ2n) is 6.57. The highest BCUT2D eigenvalue weighted by Gasteiger charge is 2.62. The Bertz CT molecular complexity index is 677. The van der Waals surface area contributed by atoms with E-state index in [0.717, 1.165) is 20.8 Å². The SMILES string of the molecule is CC(=O)OC[C@H]1O[C@]2(CCC(=O)N2)[C@H](OC(C)=O)[C@@H](OC(C)=O)[C@@H]1OC(C)=O. The molecule has 0 aromatic heterocycles. The van der Waals surface area contributed by atoms with Gasteiger partial charge in [0, 0.05) is 40.5 Å². The Morgan fingerprint density at radius 2 is 1.54 bits per heavy atom. The number of rotatable bonds is 5. The topological polar surface area (TPSA) is 144 Å². The van der Waals surface area contributed by atoms with Gasteiger partial charge in [0.2, 0.25) is 5.91 Å². The molecule has 2 saturated heterocycles. The van der Waals surface area contributed by atoms with Crippen molar-refractivity contribution in [3.05, 3.63) is 0 Å².